The van der Waals surface area contributed by atoms with Crippen molar-refractivity contribution in [1.82, 2.24) is 0 Å². The first-order chi connectivity index (χ1) is 11.1. The Labute approximate surface area is 145 Å². The number of rotatable bonds is 2. The van der Waals surface area contributed by atoms with E-state index in [1.54, 1.807) is 0 Å². The minimum absolute atomic E-state index is 0.170. The minimum atomic E-state index is -0.852. The SMILES string of the molecule is Cc1cc2c(cc1C1=CCC/C1=C\C(=O)O)C(C)(C)CCC2(C)C. The lowest BCUT2D eigenvalue weighted by atomic mass is 9.62. The summed E-state index contributed by atoms with van der Waals surface area (Å²) < 4.78 is 0. The average Bonchev–Trinajstić information content (AvgIpc) is 2.91. The molecule has 0 radical (unpaired) electrons. The first-order valence-electron chi connectivity index (χ1n) is 8.92. The molecule has 24 heavy (non-hydrogen) atoms. The van der Waals surface area contributed by atoms with Gasteiger partial charge in [-0.3, -0.25) is 0 Å². The molecule has 0 bridgehead atoms. The van der Waals surface area contributed by atoms with Crippen molar-refractivity contribution < 1.29 is 9.90 Å². The Bertz CT molecular complexity index is 760. The van der Waals surface area contributed by atoms with Crippen LogP contribution in [0, 0.1) is 6.92 Å². The van der Waals surface area contributed by atoms with Crippen molar-refractivity contribution in [2.75, 3.05) is 0 Å². The summed E-state index contributed by atoms with van der Waals surface area (Å²) in [6.45, 7) is 11.5. The van der Waals surface area contributed by atoms with Gasteiger partial charge in [-0.25, -0.2) is 4.79 Å². The monoisotopic (exact) mass is 324 g/mol. The third-order valence-corrected chi connectivity index (χ3v) is 5.89. The van der Waals surface area contributed by atoms with Crippen LogP contribution in [0.25, 0.3) is 5.57 Å². The maximum Gasteiger partial charge on any atom is 0.328 e. The summed E-state index contributed by atoms with van der Waals surface area (Å²) in [7, 11) is 0. The number of carbonyl (C=O) groups is 1. The highest BCUT2D eigenvalue weighted by molar-refractivity contribution is 5.91. The number of hydrogen-bond acceptors (Lipinski definition) is 1. The smallest absolute Gasteiger partial charge is 0.328 e. The van der Waals surface area contributed by atoms with Crippen LogP contribution >= 0.6 is 0 Å². The largest absolute Gasteiger partial charge is 0.478 e. The summed E-state index contributed by atoms with van der Waals surface area (Å²) >= 11 is 0. The van der Waals surface area contributed by atoms with Gasteiger partial charge >= 0.3 is 5.97 Å². The molecule has 0 saturated heterocycles. The third-order valence-electron chi connectivity index (χ3n) is 5.89. The number of hydrogen-bond donors (Lipinski definition) is 1. The first-order valence-corrected chi connectivity index (χ1v) is 8.92. The van der Waals surface area contributed by atoms with Crippen LogP contribution in [0.3, 0.4) is 0 Å². The van der Waals surface area contributed by atoms with Gasteiger partial charge in [-0.1, -0.05) is 45.9 Å². The number of benzene rings is 1. The van der Waals surface area contributed by atoms with E-state index in [1.807, 2.05) is 0 Å². The van der Waals surface area contributed by atoms with Crippen LogP contribution in [0.4, 0.5) is 0 Å². The van der Waals surface area contributed by atoms with Crippen molar-refractivity contribution in [2.45, 2.75) is 71.1 Å². The lowest BCUT2D eigenvalue weighted by molar-refractivity contribution is -0.131. The molecule has 0 saturated carbocycles. The number of fused-ring (bicyclic) bond motifs is 1. The number of carboxylic acids is 1. The number of carboxylic acid groups (broad SMARTS) is 1. The van der Waals surface area contributed by atoms with Gasteiger partial charge in [0, 0.05) is 6.08 Å². The summed E-state index contributed by atoms with van der Waals surface area (Å²) in [6, 6.07) is 4.70. The molecule has 128 valence electrons. The van der Waals surface area contributed by atoms with Crippen molar-refractivity contribution >= 4 is 11.5 Å². The molecule has 0 heterocycles. The number of aliphatic carboxylic acids is 1. The highest BCUT2D eigenvalue weighted by Gasteiger charge is 2.37. The van der Waals surface area contributed by atoms with Gasteiger partial charge < -0.3 is 5.11 Å². The molecule has 2 aliphatic carbocycles. The number of aryl methyl sites for hydroxylation is 1. The van der Waals surface area contributed by atoms with Crippen LogP contribution in [-0.2, 0) is 15.6 Å². The Hall–Kier alpha value is -1.83. The molecule has 3 rings (SSSR count). The zero-order valence-corrected chi connectivity index (χ0v) is 15.5. The molecule has 2 aliphatic rings. The van der Waals surface area contributed by atoms with Crippen LogP contribution < -0.4 is 0 Å². The molecule has 0 unspecified atom stereocenters. The molecule has 1 aromatic carbocycles. The van der Waals surface area contributed by atoms with Crippen molar-refractivity contribution in [3.05, 3.63) is 52.1 Å². The normalized spacial score (nSPS) is 23.0. The lowest BCUT2D eigenvalue weighted by Crippen LogP contribution is -2.34. The van der Waals surface area contributed by atoms with Gasteiger partial charge in [0.25, 0.3) is 0 Å². The van der Waals surface area contributed by atoms with Crippen molar-refractivity contribution in [2.24, 2.45) is 0 Å². The Kier molecular flexibility index (Phi) is 3.98. The predicted molar refractivity (Wildman–Crippen MR) is 99.4 cm³/mol. The fourth-order valence-electron chi connectivity index (χ4n) is 4.23. The highest BCUT2D eigenvalue weighted by Crippen LogP contribution is 2.48. The molecule has 0 aliphatic heterocycles. The molecule has 0 atom stereocenters. The Balaban J connectivity index is 2.17. The van der Waals surface area contributed by atoms with Crippen LogP contribution in [0.15, 0.2) is 29.9 Å². The first kappa shape index (κ1) is 17.0. The quantitative estimate of drug-likeness (QED) is 0.726. The topological polar surface area (TPSA) is 37.3 Å². The van der Waals surface area contributed by atoms with Crippen molar-refractivity contribution in [3.63, 3.8) is 0 Å². The second-order valence-corrected chi connectivity index (χ2v) is 8.64. The van der Waals surface area contributed by atoms with Crippen LogP contribution in [0.1, 0.15) is 75.6 Å². The zero-order valence-electron chi connectivity index (χ0n) is 15.5. The van der Waals surface area contributed by atoms with Gasteiger partial charge in [0.05, 0.1) is 0 Å². The minimum Gasteiger partial charge on any atom is -0.478 e. The van der Waals surface area contributed by atoms with Crippen LogP contribution in [-0.4, -0.2) is 11.1 Å². The number of allylic oxidation sites excluding steroid dienone is 3. The summed E-state index contributed by atoms with van der Waals surface area (Å²) in [6.07, 6.45) is 7.73. The van der Waals surface area contributed by atoms with Crippen molar-refractivity contribution in [1.29, 1.82) is 0 Å². The molecule has 0 aromatic heterocycles. The van der Waals surface area contributed by atoms with Crippen LogP contribution in [0.5, 0.6) is 0 Å². The van der Waals surface area contributed by atoms with E-state index in [2.05, 4.69) is 52.8 Å². The molecule has 0 spiro atoms. The third kappa shape index (κ3) is 2.83. The van der Waals surface area contributed by atoms with E-state index >= 15 is 0 Å². The van der Waals surface area contributed by atoms with E-state index < -0.39 is 5.97 Å². The van der Waals surface area contributed by atoms with E-state index in [1.165, 1.54) is 41.2 Å². The van der Waals surface area contributed by atoms with E-state index in [0.29, 0.717) is 0 Å². The van der Waals surface area contributed by atoms with E-state index in [4.69, 9.17) is 5.11 Å². The lowest BCUT2D eigenvalue weighted by Gasteiger charge is -2.42. The van der Waals surface area contributed by atoms with Gasteiger partial charge in [-0.05, 0) is 76.8 Å². The van der Waals surface area contributed by atoms with E-state index in [9.17, 15) is 4.79 Å². The maximum absolute atomic E-state index is 11.1. The molecule has 0 fully saturated rings. The maximum atomic E-state index is 11.1. The van der Waals surface area contributed by atoms with E-state index in [-0.39, 0.29) is 10.8 Å². The molecule has 1 N–H and O–H groups in total. The van der Waals surface area contributed by atoms with Crippen molar-refractivity contribution in [3.8, 4) is 0 Å². The summed E-state index contributed by atoms with van der Waals surface area (Å²) in [5.41, 5.74) is 7.81. The molecule has 1 aromatic rings. The zero-order chi connectivity index (χ0) is 17.7. The molecule has 2 heteroatoms. The van der Waals surface area contributed by atoms with Gasteiger partial charge in [0.2, 0.25) is 0 Å². The summed E-state index contributed by atoms with van der Waals surface area (Å²) in [5.74, 6) is -0.852. The highest BCUT2D eigenvalue weighted by atomic mass is 16.4. The van der Waals surface area contributed by atoms with Gasteiger partial charge in [0.1, 0.15) is 0 Å². The molecular weight excluding hydrogens is 296 g/mol. The average molecular weight is 324 g/mol. The fourth-order valence-corrected chi connectivity index (χ4v) is 4.23. The van der Waals surface area contributed by atoms with Crippen LogP contribution in [0.2, 0.25) is 0 Å². The second-order valence-electron chi connectivity index (χ2n) is 8.64. The van der Waals surface area contributed by atoms with E-state index in [0.717, 1.165) is 24.0 Å². The Morgan fingerprint density at radius 1 is 1.08 bits per heavy atom. The van der Waals surface area contributed by atoms with Gasteiger partial charge in [-0.15, -0.1) is 0 Å². The van der Waals surface area contributed by atoms with Gasteiger partial charge in [-0.2, -0.15) is 0 Å². The fraction of sp³-hybridized carbons (Fsp3) is 0.500. The summed E-state index contributed by atoms with van der Waals surface area (Å²) in [4.78, 5) is 11.1. The second kappa shape index (κ2) is 5.61. The molecule has 2 nitrogen and oxygen atoms in total. The molecular formula is C22H28O2. The predicted octanol–water partition coefficient (Wildman–Crippen LogP) is 5.53. The Morgan fingerprint density at radius 2 is 1.67 bits per heavy atom. The molecule has 0 amide bonds. The summed E-state index contributed by atoms with van der Waals surface area (Å²) in [5, 5.41) is 9.15. The van der Waals surface area contributed by atoms with Gasteiger partial charge in [0.15, 0.2) is 0 Å². The standard InChI is InChI=1S/C22H28O2/c1-14-11-18-19(22(4,5)10-9-21(18,2)3)13-17(14)16-8-6-7-15(16)12-20(23)24/h8,11-13H,6-7,9-10H2,1-5H3,(H,23,24)/b15-12+. The Morgan fingerprint density at radius 3 is 2.25 bits per heavy atom.